The molecule has 0 bridgehead atoms. The molecule has 0 saturated carbocycles. The summed E-state index contributed by atoms with van der Waals surface area (Å²) in [6.07, 6.45) is 1.17. The molecule has 4 aromatic rings. The van der Waals surface area contributed by atoms with Gasteiger partial charge in [0.05, 0.1) is 12.1 Å². The van der Waals surface area contributed by atoms with Gasteiger partial charge in [-0.15, -0.1) is 0 Å². The number of anilines is 1. The van der Waals surface area contributed by atoms with Crippen molar-refractivity contribution >= 4 is 27.9 Å². The zero-order valence-electron chi connectivity index (χ0n) is 16.8. The number of benzene rings is 1. The Morgan fingerprint density at radius 2 is 2.10 bits per heavy atom. The molecular formula is C22H26N6O. The number of H-pyrrole nitrogens is 2. The summed E-state index contributed by atoms with van der Waals surface area (Å²) in [4.78, 5) is 18.0. The molecule has 0 amide bonds. The number of pyridine rings is 1. The Labute approximate surface area is 169 Å². The topological polar surface area (TPSA) is 95.8 Å². The number of nitrogens with zero attached hydrogens (tertiary/aromatic N) is 3. The highest BCUT2D eigenvalue weighted by molar-refractivity contribution is 5.95. The minimum absolute atomic E-state index is 0.468. The lowest BCUT2D eigenvalue weighted by molar-refractivity contribution is 0.173. The Bertz CT molecular complexity index is 1170. The zero-order chi connectivity index (χ0) is 20.0. The first-order chi connectivity index (χ1) is 14.0. The Balaban J connectivity index is 1.44. The van der Waals surface area contributed by atoms with Gasteiger partial charge in [-0.1, -0.05) is 6.07 Å². The maximum absolute atomic E-state index is 6.02. The Morgan fingerprint density at radius 1 is 1.21 bits per heavy atom. The smallest absolute Gasteiger partial charge is 0.180 e. The number of nitrogen functional groups attached to an aromatic ring is 1. The van der Waals surface area contributed by atoms with Crippen LogP contribution in [0.4, 0.5) is 5.82 Å². The van der Waals surface area contributed by atoms with Crippen LogP contribution in [0.15, 0.2) is 30.3 Å². The van der Waals surface area contributed by atoms with Crippen LogP contribution in [0.25, 0.3) is 33.3 Å². The third-order valence-electron chi connectivity index (χ3n) is 5.62. The zero-order valence-corrected chi connectivity index (χ0v) is 16.8. The number of aromatic nitrogens is 4. The number of rotatable bonds is 5. The summed E-state index contributed by atoms with van der Waals surface area (Å²) in [6, 6.07) is 10.7. The second-order valence-corrected chi connectivity index (χ2v) is 8.15. The van der Waals surface area contributed by atoms with Gasteiger partial charge in [0.15, 0.2) is 5.65 Å². The predicted octanol–water partition coefficient (Wildman–Crippen LogP) is 3.47. The highest BCUT2D eigenvalue weighted by Crippen LogP contribution is 2.30. The van der Waals surface area contributed by atoms with E-state index in [4.69, 9.17) is 10.5 Å². The number of nitrogens with one attached hydrogen (secondary N) is 2. The summed E-state index contributed by atoms with van der Waals surface area (Å²) in [7, 11) is 2.18. The van der Waals surface area contributed by atoms with Gasteiger partial charge in [-0.2, -0.15) is 0 Å². The molecule has 1 aromatic carbocycles. The van der Waals surface area contributed by atoms with E-state index in [0.717, 1.165) is 54.4 Å². The van der Waals surface area contributed by atoms with Crippen LogP contribution in [0, 0.1) is 12.8 Å². The van der Waals surface area contributed by atoms with Gasteiger partial charge in [0.2, 0.25) is 0 Å². The number of aromatic amines is 2. The van der Waals surface area contributed by atoms with Gasteiger partial charge in [0.25, 0.3) is 0 Å². The van der Waals surface area contributed by atoms with Gasteiger partial charge in [-0.25, -0.2) is 9.97 Å². The van der Waals surface area contributed by atoms with E-state index in [-0.39, 0.29) is 0 Å². The summed E-state index contributed by atoms with van der Waals surface area (Å²) in [5.74, 6) is 1.95. The van der Waals surface area contributed by atoms with E-state index in [1.165, 1.54) is 17.4 Å². The van der Waals surface area contributed by atoms with Crippen molar-refractivity contribution in [3.05, 3.63) is 41.7 Å². The second-order valence-electron chi connectivity index (χ2n) is 8.15. The van der Waals surface area contributed by atoms with E-state index < -0.39 is 0 Å². The molecule has 29 heavy (non-hydrogen) atoms. The van der Waals surface area contributed by atoms with Crippen molar-refractivity contribution in [3.8, 4) is 11.3 Å². The van der Waals surface area contributed by atoms with E-state index in [1.54, 1.807) is 0 Å². The van der Waals surface area contributed by atoms with Gasteiger partial charge in [-0.3, -0.25) is 0 Å². The minimum Gasteiger partial charge on any atom is -0.384 e. The molecule has 0 radical (unpaired) electrons. The third kappa shape index (κ3) is 3.59. The van der Waals surface area contributed by atoms with Crippen LogP contribution in [0.5, 0.6) is 0 Å². The van der Waals surface area contributed by atoms with Crippen molar-refractivity contribution in [2.45, 2.75) is 19.9 Å². The molecule has 5 rings (SSSR count). The maximum Gasteiger partial charge on any atom is 0.180 e. The van der Waals surface area contributed by atoms with Gasteiger partial charge >= 0.3 is 0 Å². The third-order valence-corrected chi connectivity index (χ3v) is 5.62. The quantitative estimate of drug-likeness (QED) is 0.485. The molecule has 0 spiro atoms. The monoisotopic (exact) mass is 390 g/mol. The molecule has 1 fully saturated rings. The molecule has 3 aromatic heterocycles. The maximum atomic E-state index is 6.02. The molecule has 0 aliphatic carbocycles. The Morgan fingerprint density at radius 3 is 2.93 bits per heavy atom. The van der Waals surface area contributed by atoms with E-state index >= 15 is 0 Å². The minimum atomic E-state index is 0.468. The lowest BCUT2D eigenvalue weighted by Gasteiger charge is -2.20. The fraction of sp³-hybridized carbons (Fsp3) is 0.364. The number of imidazole rings is 1. The molecule has 1 aliphatic rings. The number of aryl methyl sites for hydroxylation is 1. The van der Waals surface area contributed by atoms with Crippen molar-refractivity contribution in [1.82, 2.24) is 24.8 Å². The van der Waals surface area contributed by atoms with Gasteiger partial charge in [-0.05, 0) is 56.1 Å². The van der Waals surface area contributed by atoms with Gasteiger partial charge in [0.1, 0.15) is 11.6 Å². The highest BCUT2D eigenvalue weighted by atomic mass is 16.5. The van der Waals surface area contributed by atoms with Gasteiger partial charge < -0.3 is 25.3 Å². The summed E-state index contributed by atoms with van der Waals surface area (Å²) < 4.78 is 5.50. The molecule has 7 heteroatoms. The molecule has 0 unspecified atom stereocenters. The van der Waals surface area contributed by atoms with Crippen molar-refractivity contribution in [3.63, 3.8) is 0 Å². The van der Waals surface area contributed by atoms with E-state index in [9.17, 15) is 0 Å². The fourth-order valence-corrected chi connectivity index (χ4v) is 4.31. The summed E-state index contributed by atoms with van der Waals surface area (Å²) >= 11 is 0. The molecule has 1 saturated heterocycles. The van der Waals surface area contributed by atoms with Crippen LogP contribution in [-0.2, 0) is 11.3 Å². The molecule has 4 N–H and O–H groups in total. The largest absolute Gasteiger partial charge is 0.384 e. The van der Waals surface area contributed by atoms with Crippen LogP contribution >= 0.6 is 0 Å². The highest BCUT2D eigenvalue weighted by Gasteiger charge is 2.18. The Kier molecular flexibility index (Phi) is 4.49. The summed E-state index contributed by atoms with van der Waals surface area (Å²) in [5, 5.41) is 1.19. The summed E-state index contributed by atoms with van der Waals surface area (Å²) in [6.45, 7) is 5.72. The van der Waals surface area contributed by atoms with Crippen LogP contribution < -0.4 is 5.73 Å². The average Bonchev–Trinajstić information content (AvgIpc) is 3.39. The second kappa shape index (κ2) is 7.17. The number of hydrogen-bond donors (Lipinski definition) is 3. The normalized spacial score (nSPS) is 17.1. The number of nitrogens with two attached hydrogens (primary N) is 1. The van der Waals surface area contributed by atoms with Crippen molar-refractivity contribution in [2.75, 3.05) is 32.5 Å². The molecular weight excluding hydrogens is 364 g/mol. The number of hydrogen-bond acceptors (Lipinski definition) is 5. The van der Waals surface area contributed by atoms with Crippen LogP contribution in [0.3, 0.4) is 0 Å². The summed E-state index contributed by atoms with van der Waals surface area (Å²) in [5.41, 5.74) is 12.0. The average molecular weight is 390 g/mol. The van der Waals surface area contributed by atoms with E-state index in [1.807, 2.05) is 13.0 Å². The first-order valence-corrected chi connectivity index (χ1v) is 10.1. The standard InChI is InChI=1S/C22H26N6O/c1-13-24-21-17(9-20(23)27-22(21)25-13)19-8-16-7-14(3-4-18(16)26-19)10-28(2)11-15-5-6-29-12-15/h3-4,7-9,15,26H,5-6,10-12H2,1-2H3,(H3,23,24,25,27)/t15-/m1/s1. The van der Waals surface area contributed by atoms with Crippen molar-refractivity contribution < 1.29 is 4.74 Å². The number of fused-ring (bicyclic) bond motifs is 2. The predicted molar refractivity (Wildman–Crippen MR) is 116 cm³/mol. The molecule has 150 valence electrons. The lowest BCUT2D eigenvalue weighted by Crippen LogP contribution is -2.25. The molecule has 7 nitrogen and oxygen atoms in total. The van der Waals surface area contributed by atoms with Crippen molar-refractivity contribution in [2.24, 2.45) is 5.92 Å². The van der Waals surface area contributed by atoms with E-state index in [0.29, 0.717) is 17.4 Å². The fourth-order valence-electron chi connectivity index (χ4n) is 4.31. The van der Waals surface area contributed by atoms with Gasteiger partial charge in [0, 0.05) is 41.9 Å². The van der Waals surface area contributed by atoms with Crippen LogP contribution in [0.2, 0.25) is 0 Å². The Hall–Kier alpha value is -2.90. The molecule has 1 atom stereocenters. The molecule has 1 aliphatic heterocycles. The first-order valence-electron chi connectivity index (χ1n) is 10.1. The SMILES string of the molecule is Cc1nc2nc(N)cc(-c3cc4cc(CN(C)C[C@H]5CCOC5)ccc4[nH]3)c2[nH]1. The first kappa shape index (κ1) is 18.1. The van der Waals surface area contributed by atoms with Crippen LogP contribution in [0.1, 0.15) is 17.8 Å². The number of ether oxygens (including phenoxy) is 1. The lowest BCUT2D eigenvalue weighted by atomic mass is 10.1. The van der Waals surface area contributed by atoms with Crippen molar-refractivity contribution in [1.29, 1.82) is 0 Å². The molecule has 4 heterocycles. The van der Waals surface area contributed by atoms with Crippen LogP contribution in [-0.4, -0.2) is 51.6 Å². The van der Waals surface area contributed by atoms with E-state index in [2.05, 4.69) is 56.1 Å².